The van der Waals surface area contributed by atoms with Gasteiger partial charge in [-0.2, -0.15) is 13.2 Å². The smallest absolute Gasteiger partial charge is 0.390 e. The fraction of sp³-hybridized carbons (Fsp3) is 0.111. The standard InChI is InChI=1S/C18H11Cl2F3N4O2/c19-13-7-12(8-14(20)9-13)16(18(21,22)23)6-3-11-1-4-15(5-2-11)26-10-24-17(25-26)27(28)29/h1-10,16H. The average Bonchev–Trinajstić information content (AvgIpc) is 3.11. The number of benzene rings is 2. The van der Waals surface area contributed by atoms with Crippen LogP contribution < -0.4 is 0 Å². The number of nitrogens with zero attached hydrogens (tertiary/aromatic N) is 4. The molecule has 1 atom stereocenters. The van der Waals surface area contributed by atoms with Gasteiger partial charge in [0.1, 0.15) is 0 Å². The lowest BCUT2D eigenvalue weighted by atomic mass is 9.97. The average molecular weight is 443 g/mol. The summed E-state index contributed by atoms with van der Waals surface area (Å²) in [5, 5.41) is 14.6. The Bertz CT molecular complexity index is 1050. The highest BCUT2D eigenvalue weighted by Gasteiger charge is 2.39. The SMILES string of the molecule is O=[N+]([O-])c1ncn(-c2ccc(C=CC(c3cc(Cl)cc(Cl)c3)C(F)(F)F)cc2)n1. The molecule has 0 N–H and O–H groups in total. The Morgan fingerprint density at radius 3 is 2.24 bits per heavy atom. The van der Waals surface area contributed by atoms with E-state index in [2.05, 4.69) is 10.1 Å². The Hall–Kier alpha value is -2.91. The van der Waals surface area contributed by atoms with E-state index in [9.17, 15) is 23.3 Å². The number of nitro groups is 1. The molecule has 0 radical (unpaired) electrons. The third-order valence-electron chi connectivity index (χ3n) is 3.88. The summed E-state index contributed by atoms with van der Waals surface area (Å²) in [6.07, 6.45) is -1.03. The summed E-state index contributed by atoms with van der Waals surface area (Å²) in [6, 6.07) is 10.0. The number of alkyl halides is 3. The van der Waals surface area contributed by atoms with Crippen molar-refractivity contribution in [1.82, 2.24) is 14.8 Å². The molecule has 2 aromatic carbocycles. The zero-order chi connectivity index (χ0) is 21.2. The van der Waals surface area contributed by atoms with Crippen LogP contribution in [-0.2, 0) is 0 Å². The van der Waals surface area contributed by atoms with Crippen LogP contribution in [0.1, 0.15) is 17.0 Å². The van der Waals surface area contributed by atoms with Crippen LogP contribution in [0.4, 0.5) is 19.1 Å². The summed E-state index contributed by atoms with van der Waals surface area (Å²) in [4.78, 5) is 13.5. The maximum Gasteiger partial charge on any atom is 0.491 e. The molecule has 1 aromatic heterocycles. The molecular formula is C18H11Cl2F3N4O2. The van der Waals surface area contributed by atoms with E-state index in [1.165, 1.54) is 35.3 Å². The summed E-state index contributed by atoms with van der Waals surface area (Å²) < 4.78 is 41.7. The van der Waals surface area contributed by atoms with Crippen LogP contribution in [-0.4, -0.2) is 25.9 Å². The van der Waals surface area contributed by atoms with E-state index in [0.717, 1.165) is 6.08 Å². The third kappa shape index (κ3) is 5.12. The predicted molar refractivity (Wildman–Crippen MR) is 102 cm³/mol. The van der Waals surface area contributed by atoms with Gasteiger partial charge in [-0.05, 0) is 46.4 Å². The predicted octanol–water partition coefficient (Wildman–Crippen LogP) is 5.84. The second-order valence-corrected chi connectivity index (χ2v) is 6.79. The van der Waals surface area contributed by atoms with Gasteiger partial charge in [0, 0.05) is 15.1 Å². The first-order valence-corrected chi connectivity index (χ1v) is 8.76. The second-order valence-electron chi connectivity index (χ2n) is 5.92. The topological polar surface area (TPSA) is 73.8 Å². The van der Waals surface area contributed by atoms with Crippen molar-refractivity contribution in [2.75, 3.05) is 0 Å². The highest BCUT2D eigenvalue weighted by molar-refractivity contribution is 6.34. The molecule has 0 bridgehead atoms. The molecule has 0 fully saturated rings. The maximum atomic E-state index is 13.5. The number of rotatable bonds is 5. The van der Waals surface area contributed by atoms with E-state index >= 15 is 0 Å². The van der Waals surface area contributed by atoms with E-state index in [1.807, 2.05) is 0 Å². The molecule has 0 saturated carbocycles. The van der Waals surface area contributed by atoms with Crippen LogP contribution in [0.25, 0.3) is 11.8 Å². The molecule has 0 saturated heterocycles. The van der Waals surface area contributed by atoms with Crippen LogP contribution in [0.15, 0.2) is 54.9 Å². The number of hydrogen-bond donors (Lipinski definition) is 0. The minimum atomic E-state index is -4.54. The number of aromatic nitrogens is 3. The summed E-state index contributed by atoms with van der Waals surface area (Å²) >= 11 is 11.7. The monoisotopic (exact) mass is 442 g/mol. The van der Waals surface area contributed by atoms with Crippen molar-refractivity contribution in [1.29, 1.82) is 0 Å². The quantitative estimate of drug-likeness (QED) is 0.367. The molecular weight excluding hydrogens is 432 g/mol. The zero-order valence-electron chi connectivity index (χ0n) is 14.3. The summed E-state index contributed by atoms with van der Waals surface area (Å²) in [5.41, 5.74) is 0.889. The van der Waals surface area contributed by atoms with Gasteiger partial charge in [0.05, 0.1) is 11.6 Å². The van der Waals surface area contributed by atoms with Gasteiger partial charge in [-0.3, -0.25) is 0 Å². The van der Waals surface area contributed by atoms with Crippen molar-refractivity contribution in [3.05, 3.63) is 86.2 Å². The molecule has 0 aliphatic rings. The number of allylic oxidation sites excluding steroid dienone is 1. The lowest BCUT2D eigenvalue weighted by Gasteiger charge is -2.18. The molecule has 0 aliphatic heterocycles. The lowest BCUT2D eigenvalue weighted by Crippen LogP contribution is -2.18. The van der Waals surface area contributed by atoms with Crippen LogP contribution in [0.5, 0.6) is 0 Å². The summed E-state index contributed by atoms with van der Waals surface area (Å²) in [6.45, 7) is 0. The van der Waals surface area contributed by atoms with Gasteiger partial charge in [-0.15, -0.1) is 4.68 Å². The first kappa shape index (κ1) is 20.8. The molecule has 1 heterocycles. The lowest BCUT2D eigenvalue weighted by molar-refractivity contribution is -0.394. The van der Waals surface area contributed by atoms with E-state index in [0.29, 0.717) is 11.3 Å². The second kappa shape index (κ2) is 8.22. The largest absolute Gasteiger partial charge is 0.491 e. The minimum absolute atomic E-state index is 0.0715. The van der Waals surface area contributed by atoms with Crippen LogP contribution in [0.2, 0.25) is 10.0 Å². The van der Waals surface area contributed by atoms with Crippen molar-refractivity contribution >= 4 is 35.2 Å². The molecule has 150 valence electrons. The van der Waals surface area contributed by atoms with Crippen LogP contribution in [0.3, 0.4) is 0 Å². The van der Waals surface area contributed by atoms with Crippen molar-refractivity contribution in [2.24, 2.45) is 0 Å². The molecule has 29 heavy (non-hydrogen) atoms. The Morgan fingerprint density at radius 1 is 1.10 bits per heavy atom. The molecule has 0 amide bonds. The van der Waals surface area contributed by atoms with Gasteiger partial charge in [-0.25, -0.2) is 0 Å². The normalized spacial score (nSPS) is 13.0. The van der Waals surface area contributed by atoms with Gasteiger partial charge < -0.3 is 10.1 Å². The Labute approximate surface area is 172 Å². The number of halogens is 5. The highest BCUT2D eigenvalue weighted by Crippen LogP contribution is 2.38. The van der Waals surface area contributed by atoms with Crippen LogP contribution >= 0.6 is 23.2 Å². The van der Waals surface area contributed by atoms with Gasteiger partial charge in [0.2, 0.25) is 6.33 Å². The Morgan fingerprint density at radius 2 is 1.72 bits per heavy atom. The van der Waals surface area contributed by atoms with Crippen molar-refractivity contribution in [3.8, 4) is 5.69 Å². The molecule has 3 rings (SSSR count). The molecule has 1 unspecified atom stereocenters. The van der Waals surface area contributed by atoms with Gasteiger partial charge >= 0.3 is 12.1 Å². The highest BCUT2D eigenvalue weighted by atomic mass is 35.5. The van der Waals surface area contributed by atoms with E-state index in [-0.39, 0.29) is 15.6 Å². The van der Waals surface area contributed by atoms with Gasteiger partial charge in [0.25, 0.3) is 0 Å². The summed E-state index contributed by atoms with van der Waals surface area (Å²) in [5.74, 6) is -2.45. The van der Waals surface area contributed by atoms with E-state index < -0.39 is 23.0 Å². The molecule has 3 aromatic rings. The molecule has 6 nitrogen and oxygen atoms in total. The van der Waals surface area contributed by atoms with Gasteiger partial charge in [-0.1, -0.05) is 52.5 Å². The minimum Gasteiger partial charge on any atom is -0.390 e. The molecule has 0 aliphatic carbocycles. The molecule has 11 heteroatoms. The maximum absolute atomic E-state index is 13.5. The van der Waals surface area contributed by atoms with Crippen molar-refractivity contribution in [3.63, 3.8) is 0 Å². The molecule has 0 spiro atoms. The van der Waals surface area contributed by atoms with Crippen molar-refractivity contribution in [2.45, 2.75) is 12.1 Å². The Kier molecular flexibility index (Phi) is 5.90. The first-order chi connectivity index (χ1) is 13.6. The third-order valence-corrected chi connectivity index (χ3v) is 4.31. The van der Waals surface area contributed by atoms with E-state index in [4.69, 9.17) is 23.2 Å². The van der Waals surface area contributed by atoms with Gasteiger partial charge in [0.15, 0.2) is 0 Å². The summed E-state index contributed by atoms with van der Waals surface area (Å²) in [7, 11) is 0. The Balaban J connectivity index is 1.85. The van der Waals surface area contributed by atoms with Crippen LogP contribution in [0, 0.1) is 10.1 Å². The van der Waals surface area contributed by atoms with E-state index in [1.54, 1.807) is 24.3 Å². The van der Waals surface area contributed by atoms with Crippen molar-refractivity contribution < 1.29 is 18.1 Å². The zero-order valence-corrected chi connectivity index (χ0v) is 15.9. The fourth-order valence-electron chi connectivity index (χ4n) is 2.57. The fourth-order valence-corrected chi connectivity index (χ4v) is 3.11. The number of hydrogen-bond acceptors (Lipinski definition) is 4. The first-order valence-electron chi connectivity index (χ1n) is 8.01.